The zero-order valence-corrected chi connectivity index (χ0v) is 18.9. The fourth-order valence-corrected chi connectivity index (χ4v) is 4.14. The molecule has 3 rings (SSSR count). The summed E-state index contributed by atoms with van der Waals surface area (Å²) in [5.74, 6) is 2.25. The Morgan fingerprint density at radius 2 is 1.97 bits per heavy atom. The highest BCUT2D eigenvalue weighted by Crippen LogP contribution is 2.36. The molecule has 154 valence electrons. The Kier molecular flexibility index (Phi) is 8.43. The van der Waals surface area contributed by atoms with E-state index >= 15 is 0 Å². The maximum atomic E-state index is 6.16. The van der Waals surface area contributed by atoms with Crippen molar-refractivity contribution in [3.8, 4) is 11.5 Å². The lowest BCUT2D eigenvalue weighted by Crippen LogP contribution is -2.12. The topological polar surface area (TPSA) is 69.2 Å². The number of nitrogens with zero attached hydrogens (tertiary/aromatic N) is 2. The molecular weight excluding hydrogens is 450 g/mol. The second-order valence-electron chi connectivity index (χ2n) is 6.73. The van der Waals surface area contributed by atoms with Gasteiger partial charge in [0.2, 0.25) is 0 Å². The van der Waals surface area contributed by atoms with Gasteiger partial charge in [-0.05, 0) is 66.2 Å². The summed E-state index contributed by atoms with van der Waals surface area (Å²) in [6.07, 6.45) is 6.58. The Balaban J connectivity index is 1.66. The molecule has 0 atom stereocenters. The summed E-state index contributed by atoms with van der Waals surface area (Å²) < 4.78 is 12.8. The molecule has 2 N–H and O–H groups in total. The van der Waals surface area contributed by atoms with Gasteiger partial charge in [-0.25, -0.2) is 0 Å². The summed E-state index contributed by atoms with van der Waals surface area (Å²) in [5.41, 5.74) is 8.01. The molecule has 0 aliphatic heterocycles. The maximum Gasteiger partial charge on any atom is 0.180 e. The van der Waals surface area contributed by atoms with Crippen LogP contribution in [0.5, 0.6) is 11.5 Å². The SMILES string of the molecule is CCOc1cc(C=NN=C(N)SCc2ccccc2)c(Br)cc1OC1CCCC1. The minimum atomic E-state index is 0.270. The van der Waals surface area contributed by atoms with Crippen molar-refractivity contribution in [3.05, 3.63) is 58.1 Å². The van der Waals surface area contributed by atoms with Crippen LogP contribution in [0.4, 0.5) is 0 Å². The van der Waals surface area contributed by atoms with E-state index in [4.69, 9.17) is 15.2 Å². The van der Waals surface area contributed by atoms with Gasteiger partial charge in [-0.2, -0.15) is 5.10 Å². The van der Waals surface area contributed by atoms with E-state index in [2.05, 4.69) is 38.3 Å². The van der Waals surface area contributed by atoms with E-state index in [1.165, 1.54) is 30.2 Å². The first-order valence-electron chi connectivity index (χ1n) is 9.82. The highest BCUT2D eigenvalue weighted by Gasteiger charge is 2.19. The first-order valence-corrected chi connectivity index (χ1v) is 11.6. The van der Waals surface area contributed by atoms with Gasteiger partial charge in [-0.15, -0.1) is 5.10 Å². The van der Waals surface area contributed by atoms with Crippen LogP contribution in [0.15, 0.2) is 57.1 Å². The van der Waals surface area contributed by atoms with E-state index in [0.717, 1.165) is 40.1 Å². The summed E-state index contributed by atoms with van der Waals surface area (Å²) in [6, 6.07) is 14.0. The quantitative estimate of drug-likeness (QED) is 0.299. The van der Waals surface area contributed by atoms with Crippen molar-refractivity contribution < 1.29 is 9.47 Å². The van der Waals surface area contributed by atoms with Crippen LogP contribution < -0.4 is 15.2 Å². The van der Waals surface area contributed by atoms with Gasteiger partial charge < -0.3 is 15.2 Å². The highest BCUT2D eigenvalue weighted by molar-refractivity contribution is 9.10. The third-order valence-corrected chi connectivity index (χ3v) is 6.08. The first kappa shape index (κ1) is 21.7. The van der Waals surface area contributed by atoms with Crippen LogP contribution in [0.25, 0.3) is 0 Å². The maximum absolute atomic E-state index is 6.16. The normalized spacial score (nSPS) is 15.2. The molecule has 2 aromatic carbocycles. The van der Waals surface area contributed by atoms with Crippen molar-refractivity contribution in [2.45, 2.75) is 44.5 Å². The predicted octanol–water partition coefficient (Wildman–Crippen LogP) is 5.75. The molecule has 1 aliphatic carbocycles. The Morgan fingerprint density at radius 1 is 1.21 bits per heavy atom. The monoisotopic (exact) mass is 475 g/mol. The number of nitrogens with two attached hydrogens (primary N) is 1. The molecule has 0 amide bonds. The molecular formula is C22H26BrN3O2S. The standard InChI is InChI=1S/C22H26BrN3O2S/c1-2-27-20-12-17(19(23)13-21(20)28-18-10-6-7-11-18)14-25-26-22(24)29-15-16-8-4-3-5-9-16/h3-5,8-9,12-14,18H,2,6-7,10-11,15H2,1H3,(H2,24,26). The molecule has 1 aliphatic rings. The summed E-state index contributed by atoms with van der Waals surface area (Å²) in [6.45, 7) is 2.53. The molecule has 0 bridgehead atoms. The van der Waals surface area contributed by atoms with E-state index in [9.17, 15) is 0 Å². The average molecular weight is 476 g/mol. The molecule has 0 unspecified atom stereocenters. The minimum absolute atomic E-state index is 0.270. The lowest BCUT2D eigenvalue weighted by molar-refractivity contribution is 0.196. The van der Waals surface area contributed by atoms with Gasteiger partial charge >= 0.3 is 0 Å². The van der Waals surface area contributed by atoms with Crippen LogP contribution in [0.1, 0.15) is 43.7 Å². The molecule has 0 heterocycles. The Labute approximate surface area is 184 Å². The van der Waals surface area contributed by atoms with Crippen molar-refractivity contribution in [1.29, 1.82) is 0 Å². The van der Waals surface area contributed by atoms with Gasteiger partial charge in [-0.3, -0.25) is 0 Å². The van der Waals surface area contributed by atoms with Gasteiger partial charge in [0.1, 0.15) is 0 Å². The van der Waals surface area contributed by atoms with Crippen LogP contribution in [-0.4, -0.2) is 24.1 Å². The van der Waals surface area contributed by atoms with E-state index in [1.54, 1.807) is 6.21 Å². The predicted molar refractivity (Wildman–Crippen MR) is 125 cm³/mol. The van der Waals surface area contributed by atoms with E-state index in [-0.39, 0.29) is 6.10 Å². The summed E-state index contributed by atoms with van der Waals surface area (Å²) in [4.78, 5) is 0. The number of rotatable bonds is 8. The Bertz CT molecular complexity index is 853. The molecule has 0 spiro atoms. The molecule has 0 aromatic heterocycles. The van der Waals surface area contributed by atoms with Gasteiger partial charge in [0.15, 0.2) is 16.7 Å². The molecule has 29 heavy (non-hydrogen) atoms. The van der Waals surface area contributed by atoms with E-state index in [0.29, 0.717) is 11.8 Å². The van der Waals surface area contributed by atoms with Crippen molar-refractivity contribution >= 4 is 39.1 Å². The summed E-state index contributed by atoms with van der Waals surface area (Å²) in [7, 11) is 0. The molecule has 2 aromatic rings. The first-order chi connectivity index (χ1) is 14.2. The number of ether oxygens (including phenoxy) is 2. The third-order valence-electron chi connectivity index (χ3n) is 4.54. The average Bonchev–Trinajstić information content (AvgIpc) is 3.23. The largest absolute Gasteiger partial charge is 0.490 e. The number of hydrogen-bond acceptors (Lipinski definition) is 5. The fourth-order valence-electron chi connectivity index (χ4n) is 3.10. The van der Waals surface area contributed by atoms with Crippen LogP contribution in [0, 0.1) is 0 Å². The summed E-state index contributed by atoms with van der Waals surface area (Å²) in [5, 5.41) is 8.65. The molecule has 7 heteroatoms. The van der Waals surface area contributed by atoms with Gasteiger partial charge in [-0.1, -0.05) is 42.1 Å². The zero-order chi connectivity index (χ0) is 20.5. The number of hydrogen-bond donors (Lipinski definition) is 1. The molecule has 0 radical (unpaired) electrons. The van der Waals surface area contributed by atoms with Crippen molar-refractivity contribution in [2.24, 2.45) is 15.9 Å². The molecule has 1 fully saturated rings. The van der Waals surface area contributed by atoms with Crippen LogP contribution in [0.2, 0.25) is 0 Å². The van der Waals surface area contributed by atoms with Crippen molar-refractivity contribution in [1.82, 2.24) is 0 Å². The van der Waals surface area contributed by atoms with E-state index in [1.807, 2.05) is 37.3 Å². The van der Waals surface area contributed by atoms with Crippen molar-refractivity contribution in [3.63, 3.8) is 0 Å². The molecule has 1 saturated carbocycles. The van der Waals surface area contributed by atoms with Crippen LogP contribution in [-0.2, 0) is 5.75 Å². The lowest BCUT2D eigenvalue weighted by atomic mass is 10.2. The second kappa shape index (κ2) is 11.3. The zero-order valence-electron chi connectivity index (χ0n) is 16.5. The van der Waals surface area contributed by atoms with Crippen LogP contribution >= 0.6 is 27.7 Å². The Morgan fingerprint density at radius 3 is 2.69 bits per heavy atom. The Hall–Kier alpha value is -1.99. The molecule has 0 saturated heterocycles. The highest BCUT2D eigenvalue weighted by atomic mass is 79.9. The number of benzene rings is 2. The van der Waals surface area contributed by atoms with Crippen LogP contribution in [0.3, 0.4) is 0 Å². The van der Waals surface area contributed by atoms with E-state index < -0.39 is 0 Å². The minimum Gasteiger partial charge on any atom is -0.490 e. The third kappa shape index (κ3) is 6.78. The van der Waals surface area contributed by atoms with Crippen molar-refractivity contribution in [2.75, 3.05) is 6.61 Å². The van der Waals surface area contributed by atoms with Gasteiger partial charge in [0, 0.05) is 15.8 Å². The number of amidine groups is 1. The number of halogens is 1. The lowest BCUT2D eigenvalue weighted by Gasteiger charge is -2.17. The van der Waals surface area contributed by atoms with Gasteiger partial charge in [0.25, 0.3) is 0 Å². The second-order valence-corrected chi connectivity index (χ2v) is 8.58. The summed E-state index contributed by atoms with van der Waals surface area (Å²) >= 11 is 5.06. The van der Waals surface area contributed by atoms with Gasteiger partial charge in [0.05, 0.1) is 18.9 Å². The fraction of sp³-hybridized carbons (Fsp3) is 0.364. The number of thioether (sulfide) groups is 1. The molecule has 5 nitrogen and oxygen atoms in total. The smallest absolute Gasteiger partial charge is 0.180 e.